The van der Waals surface area contributed by atoms with Crippen LogP contribution in [0.25, 0.3) is 0 Å². The van der Waals surface area contributed by atoms with Crippen LogP contribution in [0.15, 0.2) is 53.5 Å². The summed E-state index contributed by atoms with van der Waals surface area (Å²) >= 11 is 7.53. The molecule has 0 N–H and O–H groups in total. The molecule has 2 aliphatic heterocycles. The molecule has 0 amide bonds. The van der Waals surface area contributed by atoms with E-state index in [0.717, 1.165) is 16.3 Å². The van der Waals surface area contributed by atoms with E-state index >= 15 is 0 Å². The topological polar surface area (TPSA) is 49.7 Å². The van der Waals surface area contributed by atoms with Crippen molar-refractivity contribution in [1.82, 2.24) is 4.90 Å². The lowest BCUT2D eigenvalue weighted by atomic mass is 10.1. The zero-order valence-corrected chi connectivity index (χ0v) is 16.8. The van der Waals surface area contributed by atoms with Crippen LogP contribution < -0.4 is 0 Å². The molecule has 27 heavy (non-hydrogen) atoms. The molecule has 4 nitrogen and oxygen atoms in total. The monoisotopic (exact) mass is 424 g/mol. The Balaban J connectivity index is 1.53. The van der Waals surface area contributed by atoms with E-state index in [1.165, 1.54) is 12.1 Å². The Kier molecular flexibility index (Phi) is 5.18. The summed E-state index contributed by atoms with van der Waals surface area (Å²) in [7, 11) is -3.05. The Hall–Kier alpha value is -1.57. The van der Waals surface area contributed by atoms with Gasteiger partial charge in [0.2, 0.25) is 0 Å². The first-order valence-electron chi connectivity index (χ1n) is 8.56. The van der Waals surface area contributed by atoms with Gasteiger partial charge in [0.25, 0.3) is 0 Å². The first kappa shape index (κ1) is 18.8. The van der Waals surface area contributed by atoms with Gasteiger partial charge in [-0.05, 0) is 35.4 Å². The summed E-state index contributed by atoms with van der Waals surface area (Å²) in [4.78, 5) is 6.79. The van der Waals surface area contributed by atoms with Crippen molar-refractivity contribution in [3.05, 3.63) is 70.5 Å². The fraction of sp³-hybridized carbons (Fsp3) is 0.316. The summed E-state index contributed by atoms with van der Waals surface area (Å²) in [5, 5.41) is 1.51. The molecule has 2 aromatic rings. The highest BCUT2D eigenvalue weighted by atomic mass is 35.5. The Bertz CT molecular complexity index is 962. The van der Waals surface area contributed by atoms with E-state index < -0.39 is 9.84 Å². The normalized spacial score (nSPS) is 23.3. The van der Waals surface area contributed by atoms with Gasteiger partial charge >= 0.3 is 0 Å². The van der Waals surface area contributed by atoms with E-state index in [-0.39, 0.29) is 29.4 Å². The van der Waals surface area contributed by atoms with E-state index in [4.69, 9.17) is 16.6 Å². The third kappa shape index (κ3) is 4.31. The highest BCUT2D eigenvalue weighted by molar-refractivity contribution is 8.13. The molecular formula is C19H18ClFN2O2S2. The Labute approximate surface area is 167 Å². The third-order valence-electron chi connectivity index (χ3n) is 4.76. The van der Waals surface area contributed by atoms with Gasteiger partial charge in [-0.2, -0.15) is 0 Å². The molecule has 2 heterocycles. The molecule has 8 heteroatoms. The van der Waals surface area contributed by atoms with Crippen molar-refractivity contribution >= 4 is 38.4 Å². The van der Waals surface area contributed by atoms with E-state index in [1.807, 2.05) is 24.3 Å². The predicted octanol–water partition coefficient (Wildman–Crippen LogP) is 3.75. The first-order valence-corrected chi connectivity index (χ1v) is 11.7. The zero-order chi connectivity index (χ0) is 19.0. The first-order chi connectivity index (χ1) is 12.9. The average molecular weight is 425 g/mol. The number of sulfone groups is 1. The highest BCUT2D eigenvalue weighted by Crippen LogP contribution is 2.33. The van der Waals surface area contributed by atoms with Gasteiger partial charge in [0.15, 0.2) is 15.0 Å². The molecule has 2 aromatic carbocycles. The maximum absolute atomic E-state index is 13.1. The van der Waals surface area contributed by atoms with Gasteiger partial charge in [-0.25, -0.2) is 12.8 Å². The van der Waals surface area contributed by atoms with Crippen molar-refractivity contribution in [3.8, 4) is 0 Å². The number of hydrogen-bond donors (Lipinski definition) is 0. The number of benzene rings is 2. The summed E-state index contributed by atoms with van der Waals surface area (Å²) in [6.45, 7) is 0.586. The van der Waals surface area contributed by atoms with Crippen molar-refractivity contribution in [2.45, 2.75) is 24.4 Å². The second kappa shape index (κ2) is 7.45. The lowest BCUT2D eigenvalue weighted by Gasteiger charge is -2.26. The van der Waals surface area contributed by atoms with Gasteiger partial charge < -0.3 is 4.90 Å². The molecule has 0 unspecified atom stereocenters. The average Bonchev–Trinajstić information content (AvgIpc) is 3.09. The standard InChI is InChI=1S/C19H18ClFN2O2S2/c20-15-5-1-13(2-6-15)9-23-18-12-27(24,25)11-17(18)22-19(23)26-10-14-3-7-16(21)8-4-14/h1-8,17-18H,9-12H2/t17-,18-/m0/s1. The second-order valence-electron chi connectivity index (χ2n) is 6.79. The minimum atomic E-state index is -3.05. The molecule has 0 spiro atoms. The number of fused-ring (bicyclic) bond motifs is 1. The molecule has 0 bridgehead atoms. The Morgan fingerprint density at radius 1 is 1.07 bits per heavy atom. The number of rotatable bonds is 4. The summed E-state index contributed by atoms with van der Waals surface area (Å²) < 4.78 is 37.2. The lowest BCUT2D eigenvalue weighted by Crippen LogP contribution is -2.38. The Morgan fingerprint density at radius 2 is 1.74 bits per heavy atom. The number of amidine groups is 1. The van der Waals surface area contributed by atoms with Crippen LogP contribution in [-0.4, -0.2) is 42.1 Å². The molecule has 1 fully saturated rings. The molecule has 1 saturated heterocycles. The largest absolute Gasteiger partial charge is 0.341 e. The van der Waals surface area contributed by atoms with E-state index in [9.17, 15) is 12.8 Å². The Morgan fingerprint density at radius 3 is 2.44 bits per heavy atom. The molecular weight excluding hydrogens is 407 g/mol. The molecule has 2 atom stereocenters. The highest BCUT2D eigenvalue weighted by Gasteiger charge is 2.46. The van der Waals surface area contributed by atoms with Crippen LogP contribution in [-0.2, 0) is 22.1 Å². The summed E-state index contributed by atoms with van der Waals surface area (Å²) in [5.41, 5.74) is 2.06. The smallest absolute Gasteiger partial charge is 0.160 e. The summed E-state index contributed by atoms with van der Waals surface area (Å²) in [5.74, 6) is 0.638. The maximum atomic E-state index is 13.1. The third-order valence-corrected chi connectivity index (χ3v) is 7.79. The van der Waals surface area contributed by atoms with Gasteiger partial charge in [0.05, 0.1) is 23.6 Å². The zero-order valence-electron chi connectivity index (χ0n) is 14.4. The molecule has 0 saturated carbocycles. The molecule has 0 radical (unpaired) electrons. The molecule has 142 valence electrons. The minimum Gasteiger partial charge on any atom is -0.341 e. The van der Waals surface area contributed by atoms with Crippen LogP contribution in [0, 0.1) is 5.82 Å². The maximum Gasteiger partial charge on any atom is 0.160 e. The fourth-order valence-electron chi connectivity index (χ4n) is 3.41. The molecule has 0 aromatic heterocycles. The summed E-state index contributed by atoms with van der Waals surface area (Å²) in [6, 6.07) is 13.6. The van der Waals surface area contributed by atoms with Crippen LogP contribution in [0.2, 0.25) is 5.02 Å². The quantitative estimate of drug-likeness (QED) is 0.750. The number of halogens is 2. The SMILES string of the molecule is O=S1(=O)C[C@@H]2N=C(SCc3ccc(F)cc3)N(Cc3ccc(Cl)cc3)[C@H]2C1. The number of aliphatic imine (C=N–C) groups is 1. The van der Waals surface area contributed by atoms with Gasteiger partial charge in [0.1, 0.15) is 5.82 Å². The fourth-order valence-corrected chi connectivity index (χ4v) is 6.47. The summed E-state index contributed by atoms with van der Waals surface area (Å²) in [6.07, 6.45) is 0. The van der Waals surface area contributed by atoms with Crippen molar-refractivity contribution in [2.24, 2.45) is 4.99 Å². The van der Waals surface area contributed by atoms with Crippen LogP contribution >= 0.6 is 23.4 Å². The minimum absolute atomic E-state index is 0.107. The number of thioether (sulfide) groups is 1. The molecule has 2 aliphatic rings. The van der Waals surface area contributed by atoms with Crippen LogP contribution in [0.3, 0.4) is 0 Å². The van der Waals surface area contributed by atoms with Crippen LogP contribution in [0.5, 0.6) is 0 Å². The number of hydrogen-bond acceptors (Lipinski definition) is 5. The van der Waals surface area contributed by atoms with Gasteiger partial charge in [-0.1, -0.05) is 47.6 Å². The number of nitrogens with zero attached hydrogens (tertiary/aromatic N) is 2. The van der Waals surface area contributed by atoms with Gasteiger partial charge in [-0.3, -0.25) is 4.99 Å². The molecule has 0 aliphatic carbocycles. The van der Waals surface area contributed by atoms with Crippen molar-refractivity contribution in [2.75, 3.05) is 11.5 Å². The molecule has 4 rings (SSSR count). The van der Waals surface area contributed by atoms with Crippen molar-refractivity contribution in [3.63, 3.8) is 0 Å². The second-order valence-corrected chi connectivity index (χ2v) is 10.3. The lowest BCUT2D eigenvalue weighted by molar-refractivity contribution is 0.343. The predicted molar refractivity (Wildman–Crippen MR) is 108 cm³/mol. The van der Waals surface area contributed by atoms with Crippen molar-refractivity contribution in [1.29, 1.82) is 0 Å². The van der Waals surface area contributed by atoms with Crippen LogP contribution in [0.4, 0.5) is 4.39 Å². The van der Waals surface area contributed by atoms with Gasteiger partial charge in [-0.15, -0.1) is 0 Å². The van der Waals surface area contributed by atoms with Crippen molar-refractivity contribution < 1.29 is 12.8 Å². The van der Waals surface area contributed by atoms with E-state index in [2.05, 4.69) is 4.90 Å². The van der Waals surface area contributed by atoms with Gasteiger partial charge in [0, 0.05) is 17.3 Å². The van der Waals surface area contributed by atoms with E-state index in [0.29, 0.717) is 17.3 Å². The van der Waals surface area contributed by atoms with E-state index in [1.54, 1.807) is 23.9 Å². The van der Waals surface area contributed by atoms with Crippen LogP contribution in [0.1, 0.15) is 11.1 Å².